The molecule has 0 saturated heterocycles. The quantitative estimate of drug-likeness (QED) is 0.0447. The molecule has 0 aliphatic carbocycles. The van der Waals surface area contributed by atoms with Gasteiger partial charge in [-0.2, -0.15) is 0 Å². The van der Waals surface area contributed by atoms with Gasteiger partial charge in [-0.1, -0.05) is 166 Å². The minimum Gasteiger partial charge on any atom is -1.00 e. The Morgan fingerprint density at radius 1 is 0.442 bits per heavy atom. The van der Waals surface area contributed by atoms with Crippen molar-refractivity contribution in [2.45, 2.75) is 162 Å². The first-order valence-electron chi connectivity index (χ1n) is 18.5. The molecule has 2 aromatic rings. The maximum absolute atomic E-state index is 9.58. The number of rotatable bonds is 22. The van der Waals surface area contributed by atoms with E-state index in [1.165, 1.54) is 122 Å². The van der Waals surface area contributed by atoms with Gasteiger partial charge in [0.1, 0.15) is 11.5 Å². The van der Waals surface area contributed by atoms with Crippen LogP contribution in [0.4, 0.5) is 9.59 Å². The molecule has 0 radical (unpaired) electrons. The Hall–Kier alpha value is 1.25. The number of phenolic OH excluding ortho intramolecular Hbond substituents is 2. The Labute approximate surface area is 445 Å². The summed E-state index contributed by atoms with van der Waals surface area (Å²) in [7, 11) is 0. The number of hydrogen-bond acceptors (Lipinski definition) is 5. The van der Waals surface area contributed by atoms with E-state index in [2.05, 4.69) is 20.8 Å². The van der Waals surface area contributed by atoms with Gasteiger partial charge in [-0.05, 0) is 55.4 Å². The summed E-state index contributed by atoms with van der Waals surface area (Å²) in [6.07, 6.45) is 24.4. The molecular formula is C40H76Ba3O9. The smallest absolute Gasteiger partial charge is 1.00 e. The van der Waals surface area contributed by atoms with Crippen LogP contribution < -0.4 is 0 Å². The van der Waals surface area contributed by atoms with Crippen LogP contribution in [0.3, 0.4) is 0 Å². The Bertz CT molecular complexity index is 941. The van der Waals surface area contributed by atoms with Crippen LogP contribution in [-0.4, -0.2) is 201 Å². The van der Waals surface area contributed by atoms with E-state index in [4.69, 9.17) is 35.1 Å². The van der Waals surface area contributed by atoms with Crippen molar-refractivity contribution in [3.63, 3.8) is 0 Å². The third kappa shape index (κ3) is 58.0. The molecule has 0 aromatic heterocycles. The van der Waals surface area contributed by atoms with Crippen LogP contribution in [0, 0.1) is 0 Å². The van der Waals surface area contributed by atoms with Crippen LogP contribution in [0.1, 0.15) is 169 Å². The molecule has 0 aliphatic heterocycles. The van der Waals surface area contributed by atoms with Crippen LogP contribution in [0.5, 0.6) is 11.5 Å². The maximum atomic E-state index is 9.58. The van der Waals surface area contributed by atoms with E-state index in [1.807, 2.05) is 36.4 Å². The summed E-state index contributed by atoms with van der Waals surface area (Å²) in [6, 6.07) is 15.3. The summed E-state index contributed by atoms with van der Waals surface area (Å²) in [5.41, 5.74) is 2.19. The molecule has 52 heavy (non-hydrogen) atoms. The van der Waals surface area contributed by atoms with Crippen LogP contribution in [0.25, 0.3) is 0 Å². The largest absolute Gasteiger partial charge is 2.00 e. The SMILES string of the molecule is CCCCCCCCCc1ccccc1O.CCCCCCCCCc1ccccc1O.CCCCCCCCO.O=C(O)O.O=C(O)O.[Ba+2].[Ba+2].[Ba+2].[H-].[H-].[H-].[H-].[H-].[H-]. The number of unbranched alkanes of at least 4 members (excludes halogenated alkanes) is 17. The van der Waals surface area contributed by atoms with Gasteiger partial charge in [-0.25, -0.2) is 9.59 Å². The second-order valence-electron chi connectivity index (χ2n) is 12.1. The van der Waals surface area contributed by atoms with E-state index in [1.54, 1.807) is 12.1 Å². The standard InChI is InChI=1S/2C15H24O.C8H18O.2CH2O3.3Ba.6H/c2*1-2-3-4-5-6-7-8-11-14-12-9-10-13-15(14)16;1-2-3-4-5-6-7-8-9;2*2-1(3)4;;;;;;;;;/h2*9-10,12-13,16H,2-8,11H2,1H3;9H,2-8H2,1H3;2*(H2,2,3,4);;;;;;;;;/q;;;;;3*+2;6*-1. The minimum absolute atomic E-state index is 0. The number of aliphatic hydroxyl groups excluding tert-OH is 1. The molecule has 0 atom stereocenters. The predicted molar refractivity (Wildman–Crippen MR) is 225 cm³/mol. The Kier molecular flexibility index (Phi) is 68.1. The van der Waals surface area contributed by atoms with Gasteiger partial charge in [0.25, 0.3) is 0 Å². The van der Waals surface area contributed by atoms with Gasteiger partial charge >= 0.3 is 159 Å². The monoisotopic (exact) mass is 1110 g/mol. The Morgan fingerprint density at radius 2 is 0.673 bits per heavy atom. The molecule has 0 bridgehead atoms. The molecule has 0 unspecified atom stereocenters. The molecule has 0 amide bonds. The predicted octanol–water partition coefficient (Wildman–Crippen LogP) is 11.7. The van der Waals surface area contributed by atoms with Crippen molar-refractivity contribution < 1.29 is 53.9 Å². The first-order chi connectivity index (χ1) is 23.6. The van der Waals surface area contributed by atoms with Crippen molar-refractivity contribution in [2.75, 3.05) is 6.61 Å². The summed E-state index contributed by atoms with van der Waals surface area (Å²) in [5, 5.41) is 55.5. The number of benzene rings is 2. The molecule has 12 heteroatoms. The van der Waals surface area contributed by atoms with Gasteiger partial charge in [0.2, 0.25) is 0 Å². The van der Waals surface area contributed by atoms with Gasteiger partial charge in [0.15, 0.2) is 0 Å². The van der Waals surface area contributed by atoms with Crippen LogP contribution in [0.15, 0.2) is 48.5 Å². The summed E-state index contributed by atoms with van der Waals surface area (Å²) >= 11 is 0. The average Bonchev–Trinajstić information content (AvgIpc) is 3.06. The summed E-state index contributed by atoms with van der Waals surface area (Å²) in [6.45, 7) is 7.08. The van der Waals surface area contributed by atoms with Crippen molar-refractivity contribution in [2.24, 2.45) is 0 Å². The van der Waals surface area contributed by atoms with E-state index in [9.17, 15) is 10.2 Å². The number of para-hydroxylation sites is 2. The van der Waals surface area contributed by atoms with Gasteiger partial charge < -0.3 is 44.3 Å². The van der Waals surface area contributed by atoms with Gasteiger partial charge in [0.05, 0.1) is 0 Å². The zero-order chi connectivity index (χ0) is 37.4. The molecule has 296 valence electrons. The fraction of sp³-hybridized carbons (Fsp3) is 0.650. The fourth-order valence-corrected chi connectivity index (χ4v) is 4.88. The number of phenols is 2. The van der Waals surface area contributed by atoms with Crippen molar-refractivity contribution >= 4 is 159 Å². The summed E-state index contributed by atoms with van der Waals surface area (Å²) in [4.78, 5) is 17.1. The molecule has 0 heterocycles. The first-order valence-corrected chi connectivity index (χ1v) is 18.5. The van der Waals surface area contributed by atoms with E-state index in [0.29, 0.717) is 18.1 Å². The summed E-state index contributed by atoms with van der Waals surface area (Å²) < 4.78 is 0. The molecule has 0 fully saturated rings. The fourth-order valence-electron chi connectivity index (χ4n) is 4.88. The second kappa shape index (κ2) is 54.4. The zero-order valence-corrected chi connectivity index (χ0v) is 46.3. The molecule has 0 spiro atoms. The van der Waals surface area contributed by atoms with E-state index >= 15 is 0 Å². The van der Waals surface area contributed by atoms with Crippen molar-refractivity contribution in [1.29, 1.82) is 0 Å². The molecule has 2 aromatic carbocycles. The summed E-state index contributed by atoms with van der Waals surface area (Å²) in [5.74, 6) is 0.905. The van der Waals surface area contributed by atoms with E-state index in [0.717, 1.165) is 30.4 Å². The number of hydrogen-bond donors (Lipinski definition) is 7. The minimum atomic E-state index is -1.83. The first kappa shape index (κ1) is 65.1. The third-order valence-electron chi connectivity index (χ3n) is 7.59. The normalized spacial score (nSPS) is 9.15. The maximum Gasteiger partial charge on any atom is 2.00 e. The topological polar surface area (TPSA) is 176 Å². The number of carbonyl (C=O) groups is 2. The van der Waals surface area contributed by atoms with Crippen molar-refractivity contribution in [1.82, 2.24) is 0 Å². The number of aromatic hydroxyl groups is 2. The third-order valence-corrected chi connectivity index (χ3v) is 7.59. The Balaban J connectivity index is -0.0000000477. The molecule has 0 aliphatic rings. The number of aryl methyl sites for hydroxylation is 2. The second-order valence-corrected chi connectivity index (χ2v) is 12.1. The van der Waals surface area contributed by atoms with Crippen LogP contribution >= 0.6 is 0 Å². The number of aliphatic hydroxyl groups is 1. The van der Waals surface area contributed by atoms with Crippen molar-refractivity contribution in [3.8, 4) is 11.5 Å². The Morgan fingerprint density at radius 3 is 0.923 bits per heavy atom. The van der Waals surface area contributed by atoms with Gasteiger partial charge in [-0.15, -0.1) is 0 Å². The average molecular weight is 1110 g/mol. The van der Waals surface area contributed by atoms with Crippen LogP contribution in [-0.2, 0) is 12.8 Å². The van der Waals surface area contributed by atoms with E-state index < -0.39 is 12.3 Å². The molecule has 2 rings (SSSR count). The molecule has 7 N–H and O–H groups in total. The molecule has 9 nitrogen and oxygen atoms in total. The molecular weight excluding hydrogens is 1040 g/mol. The van der Waals surface area contributed by atoms with Crippen LogP contribution in [0.2, 0.25) is 0 Å². The van der Waals surface area contributed by atoms with E-state index in [-0.39, 0.29) is 155 Å². The van der Waals surface area contributed by atoms with Crippen molar-refractivity contribution in [3.05, 3.63) is 59.7 Å². The zero-order valence-electron chi connectivity index (χ0n) is 39.0. The van der Waals surface area contributed by atoms with Gasteiger partial charge in [-0.3, -0.25) is 0 Å². The van der Waals surface area contributed by atoms with Gasteiger partial charge in [0, 0.05) is 6.61 Å². The molecule has 0 saturated carbocycles. The number of carboxylic acid groups (broad SMARTS) is 4.